The summed E-state index contributed by atoms with van der Waals surface area (Å²) in [7, 11) is 3.12. The van der Waals surface area contributed by atoms with E-state index in [1.165, 1.54) is 0 Å². The molecule has 0 spiro atoms. The first-order chi connectivity index (χ1) is 11.3. The summed E-state index contributed by atoms with van der Waals surface area (Å²) < 4.78 is 10.7. The molecule has 0 radical (unpaired) electrons. The Labute approximate surface area is 139 Å². The van der Waals surface area contributed by atoms with Gasteiger partial charge in [0, 0.05) is 30.3 Å². The van der Waals surface area contributed by atoms with E-state index in [0.29, 0.717) is 23.6 Å². The average molecular weight is 330 g/mol. The number of hydrogen-bond donors (Lipinski definition) is 0. The highest BCUT2D eigenvalue weighted by atomic mass is 32.2. The van der Waals surface area contributed by atoms with Crippen molar-refractivity contribution in [2.45, 2.75) is 5.37 Å². The monoisotopic (exact) mass is 330 g/mol. The number of aromatic nitrogens is 1. The molecule has 1 aromatic carbocycles. The number of hydrogen-bond acceptors (Lipinski definition) is 5. The molecular formula is C17H18N2O3S. The highest BCUT2D eigenvalue weighted by Gasteiger charge is 2.34. The number of nitrogens with zero attached hydrogens (tertiary/aromatic N) is 2. The Morgan fingerprint density at radius 2 is 1.96 bits per heavy atom. The van der Waals surface area contributed by atoms with E-state index in [0.717, 1.165) is 11.3 Å². The van der Waals surface area contributed by atoms with Crippen molar-refractivity contribution in [3.8, 4) is 11.5 Å². The normalized spacial score (nSPS) is 17.1. The van der Waals surface area contributed by atoms with Crippen LogP contribution in [-0.2, 0) is 0 Å². The number of pyridine rings is 1. The van der Waals surface area contributed by atoms with E-state index in [9.17, 15) is 4.79 Å². The van der Waals surface area contributed by atoms with Gasteiger partial charge in [-0.3, -0.25) is 9.78 Å². The van der Waals surface area contributed by atoms with Gasteiger partial charge >= 0.3 is 0 Å². The molecule has 1 fully saturated rings. The second kappa shape index (κ2) is 6.91. The summed E-state index contributed by atoms with van der Waals surface area (Å²) in [4.78, 5) is 19.1. The zero-order chi connectivity index (χ0) is 16.2. The molecule has 1 amide bonds. The van der Waals surface area contributed by atoms with Gasteiger partial charge in [-0.1, -0.05) is 12.1 Å². The third-order valence-electron chi connectivity index (χ3n) is 3.76. The van der Waals surface area contributed by atoms with Crippen molar-refractivity contribution in [3.63, 3.8) is 0 Å². The number of thioether (sulfide) groups is 1. The van der Waals surface area contributed by atoms with Crippen LogP contribution in [-0.4, -0.2) is 42.3 Å². The van der Waals surface area contributed by atoms with Gasteiger partial charge in [0.1, 0.15) is 22.4 Å². The quantitative estimate of drug-likeness (QED) is 0.862. The Bertz CT molecular complexity index is 671. The average Bonchev–Trinajstić information content (AvgIpc) is 3.10. The number of carbonyl (C=O) groups excluding carboxylic acids is 1. The Hall–Kier alpha value is -2.21. The second-order valence-electron chi connectivity index (χ2n) is 5.05. The smallest absolute Gasteiger partial charge is 0.262 e. The van der Waals surface area contributed by atoms with Crippen molar-refractivity contribution >= 4 is 17.7 Å². The largest absolute Gasteiger partial charge is 0.496 e. The van der Waals surface area contributed by atoms with E-state index in [-0.39, 0.29) is 11.3 Å². The molecular weight excluding hydrogens is 312 g/mol. The van der Waals surface area contributed by atoms with Crippen molar-refractivity contribution in [3.05, 3.63) is 53.9 Å². The van der Waals surface area contributed by atoms with Crippen LogP contribution < -0.4 is 9.47 Å². The fourth-order valence-corrected chi connectivity index (χ4v) is 3.92. The van der Waals surface area contributed by atoms with Crippen LogP contribution in [0.1, 0.15) is 21.3 Å². The molecule has 1 aliphatic heterocycles. The van der Waals surface area contributed by atoms with Gasteiger partial charge in [0.15, 0.2) is 0 Å². The van der Waals surface area contributed by atoms with Gasteiger partial charge in [0.05, 0.1) is 14.2 Å². The molecule has 0 saturated carbocycles. The van der Waals surface area contributed by atoms with Gasteiger partial charge in [-0.05, 0) is 18.2 Å². The van der Waals surface area contributed by atoms with E-state index < -0.39 is 0 Å². The van der Waals surface area contributed by atoms with Gasteiger partial charge in [0.25, 0.3) is 5.91 Å². The molecule has 2 aromatic rings. The molecule has 1 aromatic heterocycles. The third-order valence-corrected chi connectivity index (χ3v) is 5.02. The molecule has 1 saturated heterocycles. The van der Waals surface area contributed by atoms with Crippen molar-refractivity contribution in [1.82, 2.24) is 9.88 Å². The van der Waals surface area contributed by atoms with Gasteiger partial charge in [-0.15, -0.1) is 11.8 Å². The highest BCUT2D eigenvalue weighted by molar-refractivity contribution is 7.99. The first-order valence-electron chi connectivity index (χ1n) is 7.29. The van der Waals surface area contributed by atoms with Crippen LogP contribution >= 0.6 is 11.8 Å². The maximum atomic E-state index is 13.1. The summed E-state index contributed by atoms with van der Waals surface area (Å²) in [6.07, 6.45) is 3.54. The number of carbonyl (C=O) groups is 1. The lowest BCUT2D eigenvalue weighted by Crippen LogP contribution is -2.31. The van der Waals surface area contributed by atoms with Gasteiger partial charge in [0.2, 0.25) is 0 Å². The standard InChI is InChI=1S/C17H18N2O3S/c1-21-13-6-3-7-14(22-2)15(13)16(20)19-9-10-23-17(19)12-5-4-8-18-11-12/h3-8,11,17H,9-10H2,1-2H3. The molecule has 6 heteroatoms. The van der Waals surface area contributed by atoms with Crippen LogP contribution in [0.25, 0.3) is 0 Å². The highest BCUT2D eigenvalue weighted by Crippen LogP contribution is 2.40. The SMILES string of the molecule is COc1cccc(OC)c1C(=O)N1CCSC1c1cccnc1. The lowest BCUT2D eigenvalue weighted by molar-refractivity contribution is 0.0753. The lowest BCUT2D eigenvalue weighted by Gasteiger charge is -2.25. The fourth-order valence-electron chi connectivity index (χ4n) is 2.68. The minimum Gasteiger partial charge on any atom is -0.496 e. The van der Waals surface area contributed by atoms with Crippen LogP contribution in [0, 0.1) is 0 Å². The Morgan fingerprint density at radius 3 is 2.57 bits per heavy atom. The van der Waals surface area contributed by atoms with E-state index in [1.807, 2.05) is 29.3 Å². The minimum atomic E-state index is -0.0850. The second-order valence-corrected chi connectivity index (χ2v) is 6.23. The first kappa shape index (κ1) is 15.7. The van der Waals surface area contributed by atoms with Crippen molar-refractivity contribution in [1.29, 1.82) is 0 Å². The number of benzene rings is 1. The van der Waals surface area contributed by atoms with Gasteiger partial charge < -0.3 is 14.4 Å². The topological polar surface area (TPSA) is 51.7 Å². The number of rotatable bonds is 4. The minimum absolute atomic E-state index is 0.0363. The summed E-state index contributed by atoms with van der Waals surface area (Å²) in [5.41, 5.74) is 1.49. The summed E-state index contributed by atoms with van der Waals surface area (Å²) in [6, 6.07) is 9.25. The van der Waals surface area contributed by atoms with Crippen LogP contribution in [0.2, 0.25) is 0 Å². The van der Waals surface area contributed by atoms with Gasteiger partial charge in [-0.2, -0.15) is 0 Å². The third kappa shape index (κ3) is 2.99. The zero-order valence-corrected chi connectivity index (χ0v) is 13.9. The molecule has 120 valence electrons. The van der Waals surface area contributed by atoms with Gasteiger partial charge in [-0.25, -0.2) is 0 Å². The first-order valence-corrected chi connectivity index (χ1v) is 8.34. The number of methoxy groups -OCH3 is 2. The molecule has 1 unspecified atom stereocenters. The molecule has 23 heavy (non-hydrogen) atoms. The van der Waals surface area contributed by atoms with Crippen molar-refractivity contribution < 1.29 is 14.3 Å². The Morgan fingerprint density at radius 1 is 1.22 bits per heavy atom. The predicted octanol–water partition coefficient (Wildman–Crippen LogP) is 2.99. The molecule has 2 heterocycles. The Balaban J connectivity index is 1.97. The number of amides is 1. The fraction of sp³-hybridized carbons (Fsp3) is 0.294. The molecule has 1 aliphatic rings. The lowest BCUT2D eigenvalue weighted by atomic mass is 10.1. The molecule has 3 rings (SSSR count). The zero-order valence-electron chi connectivity index (χ0n) is 13.1. The van der Waals surface area contributed by atoms with Crippen LogP contribution in [0.4, 0.5) is 0 Å². The van der Waals surface area contributed by atoms with E-state index >= 15 is 0 Å². The predicted molar refractivity (Wildman–Crippen MR) is 90.0 cm³/mol. The maximum Gasteiger partial charge on any atom is 0.262 e. The summed E-state index contributed by atoms with van der Waals surface area (Å²) in [5.74, 6) is 1.86. The van der Waals surface area contributed by atoms with Crippen LogP contribution in [0.3, 0.4) is 0 Å². The number of ether oxygens (including phenoxy) is 2. The Kier molecular flexibility index (Phi) is 4.71. The molecule has 0 N–H and O–H groups in total. The summed E-state index contributed by atoms with van der Waals surface area (Å²) in [6.45, 7) is 0.685. The van der Waals surface area contributed by atoms with E-state index in [1.54, 1.807) is 44.3 Å². The van der Waals surface area contributed by atoms with Crippen LogP contribution in [0.15, 0.2) is 42.7 Å². The summed E-state index contributed by atoms with van der Waals surface area (Å²) >= 11 is 1.74. The van der Waals surface area contributed by atoms with E-state index in [4.69, 9.17) is 9.47 Å². The molecule has 0 aliphatic carbocycles. The van der Waals surface area contributed by atoms with Crippen molar-refractivity contribution in [2.24, 2.45) is 0 Å². The molecule has 0 bridgehead atoms. The summed E-state index contributed by atoms with van der Waals surface area (Å²) in [5, 5.41) is -0.0363. The molecule has 1 atom stereocenters. The maximum absolute atomic E-state index is 13.1. The van der Waals surface area contributed by atoms with E-state index in [2.05, 4.69) is 4.98 Å². The molecule has 5 nitrogen and oxygen atoms in total. The van der Waals surface area contributed by atoms with Crippen molar-refractivity contribution in [2.75, 3.05) is 26.5 Å². The van der Waals surface area contributed by atoms with Crippen LogP contribution in [0.5, 0.6) is 11.5 Å².